The van der Waals surface area contributed by atoms with Crippen molar-refractivity contribution in [2.75, 3.05) is 6.61 Å². The molecule has 2 fully saturated rings. The summed E-state index contributed by atoms with van der Waals surface area (Å²) in [6, 6.07) is 0. The van der Waals surface area contributed by atoms with Crippen LogP contribution in [0.2, 0.25) is 0 Å². The lowest BCUT2D eigenvalue weighted by Crippen LogP contribution is -2.38. The molecule has 0 aromatic rings. The highest BCUT2D eigenvalue weighted by atomic mass is 16.7. The summed E-state index contributed by atoms with van der Waals surface area (Å²) in [7, 11) is 0. The van der Waals surface area contributed by atoms with Crippen molar-refractivity contribution in [3.8, 4) is 0 Å². The van der Waals surface area contributed by atoms with E-state index < -0.39 is 0 Å². The standard InChI is InChI=1S/C15H28O2/c1-3-5-12-6-8-13(9-7-12)15-16-11-10-14(4-2)17-15/h12-15H,3-11H2,1-2H3. The Kier molecular flexibility index (Phi) is 5.30. The van der Waals surface area contributed by atoms with E-state index >= 15 is 0 Å². The fourth-order valence-corrected chi connectivity index (χ4v) is 3.32. The number of hydrogen-bond donors (Lipinski definition) is 0. The second-order valence-electron chi connectivity index (χ2n) is 5.76. The molecule has 2 rings (SSSR count). The van der Waals surface area contributed by atoms with E-state index in [1.54, 1.807) is 0 Å². The zero-order valence-electron chi connectivity index (χ0n) is 11.5. The van der Waals surface area contributed by atoms with E-state index in [1.807, 2.05) is 0 Å². The lowest BCUT2D eigenvalue weighted by Gasteiger charge is -2.38. The number of rotatable bonds is 4. The minimum absolute atomic E-state index is 0.108. The molecule has 17 heavy (non-hydrogen) atoms. The Labute approximate surface area is 106 Å². The topological polar surface area (TPSA) is 18.5 Å². The summed E-state index contributed by atoms with van der Waals surface area (Å²) in [4.78, 5) is 0. The van der Waals surface area contributed by atoms with Crippen LogP contribution >= 0.6 is 0 Å². The summed E-state index contributed by atoms with van der Waals surface area (Å²) in [6.45, 7) is 5.41. The summed E-state index contributed by atoms with van der Waals surface area (Å²) < 4.78 is 11.9. The first kappa shape index (κ1) is 13.4. The van der Waals surface area contributed by atoms with Gasteiger partial charge >= 0.3 is 0 Å². The van der Waals surface area contributed by atoms with Crippen molar-refractivity contribution in [3.63, 3.8) is 0 Å². The molecule has 0 spiro atoms. The van der Waals surface area contributed by atoms with E-state index in [0.29, 0.717) is 12.0 Å². The van der Waals surface area contributed by atoms with Gasteiger partial charge in [-0.2, -0.15) is 0 Å². The van der Waals surface area contributed by atoms with Gasteiger partial charge in [-0.1, -0.05) is 26.7 Å². The average molecular weight is 240 g/mol. The maximum absolute atomic E-state index is 6.05. The predicted octanol–water partition coefficient (Wildman–Crippen LogP) is 4.13. The second-order valence-corrected chi connectivity index (χ2v) is 5.76. The van der Waals surface area contributed by atoms with Crippen LogP contribution in [0.25, 0.3) is 0 Å². The van der Waals surface area contributed by atoms with Gasteiger partial charge in [-0.3, -0.25) is 0 Å². The summed E-state index contributed by atoms with van der Waals surface area (Å²) in [6.07, 6.45) is 10.9. The SMILES string of the molecule is CCCC1CCC(C2OCCC(CC)O2)CC1. The Balaban J connectivity index is 1.76. The van der Waals surface area contributed by atoms with Crippen LogP contribution in [0.15, 0.2) is 0 Å². The van der Waals surface area contributed by atoms with Crippen molar-refractivity contribution in [3.05, 3.63) is 0 Å². The van der Waals surface area contributed by atoms with Gasteiger partial charge in [-0.05, 0) is 44.4 Å². The van der Waals surface area contributed by atoms with Crippen LogP contribution in [0, 0.1) is 11.8 Å². The van der Waals surface area contributed by atoms with Crippen molar-refractivity contribution in [1.29, 1.82) is 0 Å². The van der Waals surface area contributed by atoms with Crippen LogP contribution < -0.4 is 0 Å². The van der Waals surface area contributed by atoms with Crippen LogP contribution in [0.3, 0.4) is 0 Å². The van der Waals surface area contributed by atoms with Crippen molar-refractivity contribution in [2.45, 2.75) is 77.6 Å². The first-order valence-corrected chi connectivity index (χ1v) is 7.60. The molecular formula is C15H28O2. The van der Waals surface area contributed by atoms with E-state index in [9.17, 15) is 0 Å². The quantitative estimate of drug-likeness (QED) is 0.735. The van der Waals surface area contributed by atoms with Crippen LogP contribution in [0.5, 0.6) is 0 Å². The van der Waals surface area contributed by atoms with Gasteiger partial charge in [0.1, 0.15) is 0 Å². The first-order valence-electron chi connectivity index (χ1n) is 7.60. The summed E-state index contributed by atoms with van der Waals surface area (Å²) in [5, 5.41) is 0. The van der Waals surface area contributed by atoms with Gasteiger partial charge in [0.05, 0.1) is 12.7 Å². The molecule has 1 aliphatic heterocycles. The van der Waals surface area contributed by atoms with Gasteiger partial charge in [0.25, 0.3) is 0 Å². The molecule has 0 bridgehead atoms. The van der Waals surface area contributed by atoms with Crippen molar-refractivity contribution in [1.82, 2.24) is 0 Å². The second kappa shape index (κ2) is 6.75. The molecule has 2 unspecified atom stereocenters. The Hall–Kier alpha value is -0.0800. The third-order valence-corrected chi connectivity index (χ3v) is 4.48. The predicted molar refractivity (Wildman–Crippen MR) is 69.9 cm³/mol. The third kappa shape index (κ3) is 3.69. The van der Waals surface area contributed by atoms with E-state index in [4.69, 9.17) is 9.47 Å². The van der Waals surface area contributed by atoms with Crippen LogP contribution in [-0.2, 0) is 9.47 Å². The molecule has 1 saturated heterocycles. The highest BCUT2D eigenvalue weighted by Gasteiger charge is 2.32. The Morgan fingerprint density at radius 3 is 2.41 bits per heavy atom. The molecule has 2 atom stereocenters. The molecule has 2 aliphatic rings. The normalized spacial score (nSPS) is 39.2. The number of ether oxygens (including phenoxy) is 2. The zero-order chi connectivity index (χ0) is 12.1. The van der Waals surface area contributed by atoms with Gasteiger partial charge in [0.15, 0.2) is 6.29 Å². The van der Waals surface area contributed by atoms with Crippen LogP contribution in [0.4, 0.5) is 0 Å². The van der Waals surface area contributed by atoms with E-state index in [0.717, 1.165) is 25.4 Å². The van der Waals surface area contributed by atoms with Crippen molar-refractivity contribution in [2.24, 2.45) is 11.8 Å². The molecule has 2 nitrogen and oxygen atoms in total. The zero-order valence-corrected chi connectivity index (χ0v) is 11.5. The summed E-state index contributed by atoms with van der Waals surface area (Å²) >= 11 is 0. The smallest absolute Gasteiger partial charge is 0.160 e. The summed E-state index contributed by atoms with van der Waals surface area (Å²) in [5.74, 6) is 1.64. The van der Waals surface area contributed by atoms with E-state index in [2.05, 4.69) is 13.8 Å². The minimum atomic E-state index is 0.108. The molecule has 1 aliphatic carbocycles. The number of hydrogen-bond acceptors (Lipinski definition) is 2. The molecule has 0 radical (unpaired) electrons. The average Bonchev–Trinajstić information content (AvgIpc) is 2.40. The molecular weight excluding hydrogens is 212 g/mol. The molecule has 0 aromatic carbocycles. The van der Waals surface area contributed by atoms with E-state index in [1.165, 1.54) is 38.5 Å². The molecule has 0 aromatic heterocycles. The van der Waals surface area contributed by atoms with Gasteiger partial charge < -0.3 is 9.47 Å². The van der Waals surface area contributed by atoms with Gasteiger partial charge in [0, 0.05) is 5.92 Å². The molecule has 0 N–H and O–H groups in total. The molecule has 1 heterocycles. The lowest BCUT2D eigenvalue weighted by atomic mass is 9.79. The van der Waals surface area contributed by atoms with Gasteiger partial charge in [-0.15, -0.1) is 0 Å². The molecule has 1 saturated carbocycles. The molecule has 100 valence electrons. The minimum Gasteiger partial charge on any atom is -0.352 e. The fourth-order valence-electron chi connectivity index (χ4n) is 3.32. The molecule has 2 heteroatoms. The first-order chi connectivity index (χ1) is 8.33. The van der Waals surface area contributed by atoms with Crippen LogP contribution in [0.1, 0.15) is 65.2 Å². The highest BCUT2D eigenvalue weighted by molar-refractivity contribution is 4.77. The maximum atomic E-state index is 6.05. The van der Waals surface area contributed by atoms with Crippen molar-refractivity contribution >= 4 is 0 Å². The Morgan fingerprint density at radius 1 is 1.00 bits per heavy atom. The highest BCUT2D eigenvalue weighted by Crippen LogP contribution is 2.36. The van der Waals surface area contributed by atoms with Crippen LogP contribution in [-0.4, -0.2) is 19.0 Å². The maximum Gasteiger partial charge on any atom is 0.160 e. The lowest BCUT2D eigenvalue weighted by molar-refractivity contribution is -0.240. The third-order valence-electron chi connectivity index (χ3n) is 4.48. The largest absolute Gasteiger partial charge is 0.352 e. The monoisotopic (exact) mass is 240 g/mol. The molecule has 0 amide bonds. The van der Waals surface area contributed by atoms with Gasteiger partial charge in [0.2, 0.25) is 0 Å². The fraction of sp³-hybridized carbons (Fsp3) is 1.00. The summed E-state index contributed by atoms with van der Waals surface area (Å²) in [5.41, 5.74) is 0. The Morgan fingerprint density at radius 2 is 1.76 bits per heavy atom. The Bertz CT molecular complexity index is 209. The van der Waals surface area contributed by atoms with E-state index in [-0.39, 0.29) is 6.29 Å². The van der Waals surface area contributed by atoms with Crippen molar-refractivity contribution < 1.29 is 9.47 Å². The van der Waals surface area contributed by atoms with Gasteiger partial charge in [-0.25, -0.2) is 0 Å².